The highest BCUT2D eigenvalue weighted by atomic mass is 16.7. The van der Waals surface area contributed by atoms with Gasteiger partial charge in [-0.05, 0) is 58.9 Å². The van der Waals surface area contributed by atoms with Gasteiger partial charge >= 0.3 is 12.1 Å². The predicted octanol–water partition coefficient (Wildman–Crippen LogP) is 4.33. The summed E-state index contributed by atoms with van der Waals surface area (Å²) < 4.78 is 11.3. The number of amidine groups is 1. The van der Waals surface area contributed by atoms with Crippen LogP contribution in [0.5, 0.6) is 0 Å². The van der Waals surface area contributed by atoms with Gasteiger partial charge in [-0.25, -0.2) is 9.59 Å². The summed E-state index contributed by atoms with van der Waals surface area (Å²) >= 11 is 0. The molecule has 2 aliphatic heterocycles. The normalized spacial score (nSPS) is 25.7. The fraction of sp³-hybridized carbons (Fsp3) is 0.577. The number of urea groups is 1. The topological polar surface area (TPSA) is 122 Å². The van der Waals surface area contributed by atoms with E-state index in [1.807, 2.05) is 30.3 Å². The number of hydroxylamine groups is 2. The first-order valence-corrected chi connectivity index (χ1v) is 12.8. The molecule has 3 fully saturated rings. The summed E-state index contributed by atoms with van der Waals surface area (Å²) in [5, 5.41) is 13.3. The second kappa shape index (κ2) is 10.1. The molecule has 2 aromatic rings. The van der Waals surface area contributed by atoms with Crippen molar-refractivity contribution in [2.24, 2.45) is 4.99 Å². The van der Waals surface area contributed by atoms with Crippen molar-refractivity contribution in [2.45, 2.75) is 89.6 Å². The lowest BCUT2D eigenvalue weighted by atomic mass is 9.80. The first kappa shape index (κ1) is 25.2. The zero-order valence-corrected chi connectivity index (χ0v) is 21.7. The highest BCUT2D eigenvalue weighted by molar-refractivity contribution is 5.90. The summed E-state index contributed by atoms with van der Waals surface area (Å²) in [6, 6.07) is 9.61. The zero-order chi connectivity index (χ0) is 26.2. The minimum Gasteiger partial charge on any atom is -0.442 e. The molecule has 11 nitrogen and oxygen atoms in total. The van der Waals surface area contributed by atoms with Gasteiger partial charge in [0.05, 0.1) is 6.04 Å². The Kier molecular flexibility index (Phi) is 6.89. The lowest BCUT2D eigenvalue weighted by Gasteiger charge is -2.34. The van der Waals surface area contributed by atoms with Gasteiger partial charge in [-0.2, -0.15) is 10.1 Å². The lowest BCUT2D eigenvalue weighted by Crippen LogP contribution is -2.43. The maximum atomic E-state index is 13.1. The van der Waals surface area contributed by atoms with Crippen LogP contribution in [0.4, 0.5) is 9.59 Å². The van der Waals surface area contributed by atoms with Crippen molar-refractivity contribution in [3.05, 3.63) is 47.7 Å². The van der Waals surface area contributed by atoms with Gasteiger partial charge in [0.25, 0.3) is 0 Å². The Morgan fingerprint density at radius 3 is 2.62 bits per heavy atom. The van der Waals surface area contributed by atoms with Crippen molar-refractivity contribution >= 4 is 18.0 Å². The molecule has 3 amide bonds. The van der Waals surface area contributed by atoms with E-state index in [2.05, 4.69) is 20.5 Å². The number of benzene rings is 1. The van der Waals surface area contributed by atoms with E-state index in [0.717, 1.165) is 31.2 Å². The molecule has 5 rings (SSSR count). The summed E-state index contributed by atoms with van der Waals surface area (Å²) in [5.74, 6) is 1.71. The third-order valence-electron chi connectivity index (χ3n) is 6.83. The van der Waals surface area contributed by atoms with Gasteiger partial charge in [0.2, 0.25) is 11.8 Å². The van der Waals surface area contributed by atoms with E-state index < -0.39 is 11.7 Å². The number of ether oxygens (including phenoxy) is 1. The number of carbonyl (C=O) groups is 2. The van der Waals surface area contributed by atoms with Crippen LogP contribution in [0.15, 0.2) is 39.7 Å². The van der Waals surface area contributed by atoms with Gasteiger partial charge in [-0.1, -0.05) is 30.3 Å². The summed E-state index contributed by atoms with van der Waals surface area (Å²) in [6.45, 7) is 8.10. The Balaban J connectivity index is 1.13. The Morgan fingerprint density at radius 2 is 1.89 bits per heavy atom. The van der Waals surface area contributed by atoms with Crippen LogP contribution in [-0.2, 0) is 16.2 Å². The standard InChI is InChI=1S/C26H34N6O5/c1-16(28-24(33)37-26(2,3)4)27-19-12-18(13-19)22-29-30-23(36-22)21-11-10-20-14-31(21)25(34)32(20)35-15-17-8-6-5-7-9-17/h5-9,18-21H,10-15H2,1-4H3,(H,27,28,33)/t18-,19+,20-,21+/m1/s1. The minimum atomic E-state index is -0.606. The Hall–Kier alpha value is -3.47. The van der Waals surface area contributed by atoms with Gasteiger partial charge in [0.15, 0.2) is 0 Å². The van der Waals surface area contributed by atoms with E-state index >= 15 is 0 Å². The second-order valence-corrected chi connectivity index (χ2v) is 10.9. The molecule has 11 heteroatoms. The number of nitrogens with one attached hydrogen (secondary N) is 1. The molecule has 0 unspecified atom stereocenters. The van der Waals surface area contributed by atoms with Crippen molar-refractivity contribution in [2.75, 3.05) is 6.54 Å². The first-order valence-electron chi connectivity index (χ1n) is 12.8. The molecule has 3 heterocycles. The molecule has 0 spiro atoms. The van der Waals surface area contributed by atoms with E-state index in [4.69, 9.17) is 14.0 Å². The predicted molar refractivity (Wildman–Crippen MR) is 133 cm³/mol. The number of aromatic nitrogens is 2. The van der Waals surface area contributed by atoms with E-state index in [0.29, 0.717) is 30.8 Å². The average Bonchev–Trinajstić information content (AvgIpc) is 3.38. The lowest BCUT2D eigenvalue weighted by molar-refractivity contribution is -0.140. The molecule has 2 atom stereocenters. The summed E-state index contributed by atoms with van der Waals surface area (Å²) in [4.78, 5) is 36.6. The molecule has 3 aliphatic rings. The maximum Gasteiger partial charge on any atom is 0.435 e. The van der Waals surface area contributed by atoms with Crippen LogP contribution in [0.3, 0.4) is 0 Å². The fourth-order valence-electron chi connectivity index (χ4n) is 5.01. The van der Waals surface area contributed by atoms with Gasteiger partial charge in [0, 0.05) is 18.5 Å². The van der Waals surface area contributed by atoms with E-state index in [1.54, 1.807) is 32.6 Å². The molecular formula is C26H34N6O5. The number of carbonyl (C=O) groups excluding carboxylic acids is 2. The average molecular weight is 511 g/mol. The number of piperidine rings is 1. The molecule has 0 radical (unpaired) electrons. The quantitative estimate of drug-likeness (QED) is 0.450. The number of nitrogens with zero attached hydrogens (tertiary/aromatic N) is 5. The second-order valence-electron chi connectivity index (χ2n) is 10.9. The number of amides is 3. The van der Waals surface area contributed by atoms with E-state index in [-0.39, 0.29) is 30.1 Å². The smallest absolute Gasteiger partial charge is 0.435 e. The highest BCUT2D eigenvalue weighted by Gasteiger charge is 2.48. The van der Waals surface area contributed by atoms with Crippen molar-refractivity contribution in [1.29, 1.82) is 0 Å². The van der Waals surface area contributed by atoms with Crippen LogP contribution in [0, 0.1) is 0 Å². The SMILES string of the molecule is C/C(=N\C(=O)OC(C)(C)C)N[C@H]1C[C@@H](c2nnc([C@@H]3CC[C@@H]4CN3C(=O)N4OCc3ccccc3)o2)C1. The Bertz CT molecular complexity index is 1150. The van der Waals surface area contributed by atoms with Crippen LogP contribution in [0.2, 0.25) is 0 Å². The van der Waals surface area contributed by atoms with Crippen LogP contribution < -0.4 is 5.32 Å². The molecule has 1 N–H and O–H groups in total. The molecular weight excluding hydrogens is 476 g/mol. The van der Waals surface area contributed by atoms with Gasteiger partial charge in [-0.15, -0.1) is 10.2 Å². The van der Waals surface area contributed by atoms with Crippen molar-refractivity contribution < 1.29 is 23.6 Å². The first-order chi connectivity index (χ1) is 17.7. The summed E-state index contributed by atoms with van der Waals surface area (Å²) in [5.41, 5.74) is 0.439. The molecule has 1 saturated carbocycles. The molecule has 2 saturated heterocycles. The van der Waals surface area contributed by atoms with Crippen LogP contribution in [-0.4, -0.2) is 62.3 Å². The van der Waals surface area contributed by atoms with E-state index in [9.17, 15) is 9.59 Å². The van der Waals surface area contributed by atoms with Crippen molar-refractivity contribution in [1.82, 2.24) is 25.5 Å². The third kappa shape index (κ3) is 5.76. The third-order valence-corrected chi connectivity index (χ3v) is 6.83. The number of fused-ring (bicyclic) bond motifs is 2. The van der Waals surface area contributed by atoms with E-state index in [1.165, 1.54) is 5.06 Å². The molecule has 1 aliphatic carbocycles. The van der Waals surface area contributed by atoms with Crippen molar-refractivity contribution in [3.8, 4) is 0 Å². The number of rotatable bonds is 6. The van der Waals surface area contributed by atoms with Crippen LogP contribution >= 0.6 is 0 Å². The molecule has 1 aromatic heterocycles. The molecule has 37 heavy (non-hydrogen) atoms. The number of hydrogen-bond donors (Lipinski definition) is 1. The summed E-state index contributed by atoms with van der Waals surface area (Å²) in [6.07, 6.45) is 2.53. The molecule has 2 bridgehead atoms. The largest absolute Gasteiger partial charge is 0.442 e. The van der Waals surface area contributed by atoms with Gasteiger partial charge < -0.3 is 19.4 Å². The molecule has 198 valence electrons. The van der Waals surface area contributed by atoms with Gasteiger partial charge in [-0.3, -0.25) is 4.84 Å². The fourth-order valence-corrected chi connectivity index (χ4v) is 5.01. The zero-order valence-electron chi connectivity index (χ0n) is 21.7. The van der Waals surface area contributed by atoms with Crippen LogP contribution in [0.1, 0.15) is 82.7 Å². The Labute approximate surface area is 216 Å². The monoisotopic (exact) mass is 510 g/mol. The van der Waals surface area contributed by atoms with Gasteiger partial charge in [0.1, 0.15) is 24.1 Å². The van der Waals surface area contributed by atoms with Crippen molar-refractivity contribution in [3.63, 3.8) is 0 Å². The highest BCUT2D eigenvalue weighted by Crippen LogP contribution is 2.41. The number of hydrogen-bond acceptors (Lipinski definition) is 7. The minimum absolute atomic E-state index is 0.0268. The number of aliphatic imine (C=N–C) groups is 1. The summed E-state index contributed by atoms with van der Waals surface area (Å²) in [7, 11) is 0. The molecule has 1 aromatic carbocycles. The van der Waals surface area contributed by atoms with Crippen LogP contribution in [0.25, 0.3) is 0 Å². The maximum absolute atomic E-state index is 13.1. The Morgan fingerprint density at radius 1 is 1.16 bits per heavy atom.